The zero-order valence-corrected chi connectivity index (χ0v) is 37.1. The fraction of sp³-hybridized carbons (Fsp3) is 0. The smallest absolute Gasteiger partial charge is 0.164 e. The van der Waals surface area contributed by atoms with Crippen LogP contribution in [0.3, 0.4) is 0 Å². The van der Waals surface area contributed by atoms with Gasteiger partial charge in [0.05, 0.1) is 11.2 Å². The van der Waals surface area contributed by atoms with Crippen molar-refractivity contribution in [1.82, 2.24) is 19.9 Å². The summed E-state index contributed by atoms with van der Waals surface area (Å²) in [7, 11) is 0. The molecule has 0 aliphatic carbocycles. The zero-order valence-electron chi connectivity index (χ0n) is 37.1. The Balaban J connectivity index is 0.984. The van der Waals surface area contributed by atoms with Crippen molar-refractivity contribution in [2.24, 2.45) is 0 Å². The maximum Gasteiger partial charge on any atom is 0.164 e. The van der Waals surface area contributed by atoms with Crippen LogP contribution in [0.5, 0.6) is 0 Å². The van der Waals surface area contributed by atoms with Gasteiger partial charge in [0.1, 0.15) is 11.2 Å². The number of para-hydroxylation sites is 2. The molecular weight excluding hydrogens is 841 g/mol. The Hall–Kier alpha value is -9.32. The second kappa shape index (κ2) is 15.7. The van der Waals surface area contributed by atoms with Gasteiger partial charge in [0, 0.05) is 54.7 Å². The van der Waals surface area contributed by atoms with Gasteiger partial charge in [0.15, 0.2) is 17.5 Å². The molecule has 0 aliphatic rings. The van der Waals surface area contributed by atoms with Crippen molar-refractivity contribution in [3.63, 3.8) is 0 Å². The van der Waals surface area contributed by atoms with Crippen LogP contribution in [0.15, 0.2) is 235 Å². The lowest BCUT2D eigenvalue weighted by atomic mass is 9.89. The first-order valence-electron chi connectivity index (χ1n) is 23.3. The van der Waals surface area contributed by atoms with Gasteiger partial charge in [-0.3, -0.25) is 0 Å². The number of furan rings is 1. The zero-order chi connectivity index (χ0) is 45.4. The molecule has 3 heterocycles. The third-order valence-electron chi connectivity index (χ3n) is 13.7. The molecule has 0 radical (unpaired) electrons. The average molecular weight is 879 g/mol. The van der Waals surface area contributed by atoms with Gasteiger partial charge >= 0.3 is 0 Å². The molecule has 5 heteroatoms. The maximum atomic E-state index is 6.74. The number of benzene rings is 11. The van der Waals surface area contributed by atoms with Gasteiger partial charge in [0.2, 0.25) is 0 Å². The molecule has 0 saturated heterocycles. The summed E-state index contributed by atoms with van der Waals surface area (Å²) in [6.45, 7) is 0. The largest absolute Gasteiger partial charge is 0.456 e. The molecule has 0 bridgehead atoms. The molecule has 14 rings (SSSR count). The number of hydrogen-bond donors (Lipinski definition) is 0. The SMILES string of the molecule is c1ccc(-c2ccc(-c3c4c(cc5c(-c6cccc(-c7nc(-c8ccccc8)nc(-c8ccc9c%10ccccc%10c%10ccccc%10c9c8)n7)c6)nc6ccccc6c35)oc3ccccc34)cc2)cc1. The van der Waals surface area contributed by atoms with E-state index in [1.54, 1.807) is 0 Å². The minimum absolute atomic E-state index is 0.577. The van der Waals surface area contributed by atoms with E-state index >= 15 is 0 Å². The molecule has 5 nitrogen and oxygen atoms in total. The Labute approximate surface area is 396 Å². The summed E-state index contributed by atoms with van der Waals surface area (Å²) in [6, 6.07) is 81.0. The highest BCUT2D eigenvalue weighted by atomic mass is 16.3. The van der Waals surface area contributed by atoms with Gasteiger partial charge in [0.25, 0.3) is 0 Å². The summed E-state index contributed by atoms with van der Waals surface area (Å²) in [5.41, 5.74) is 11.6. The van der Waals surface area contributed by atoms with Crippen LogP contribution in [-0.4, -0.2) is 19.9 Å². The van der Waals surface area contributed by atoms with Gasteiger partial charge in [-0.2, -0.15) is 0 Å². The molecule has 0 unspecified atom stereocenters. The minimum atomic E-state index is 0.577. The Morgan fingerprint density at radius 3 is 1.42 bits per heavy atom. The first-order chi connectivity index (χ1) is 34.2. The topological polar surface area (TPSA) is 64.7 Å². The molecule has 0 aliphatic heterocycles. The van der Waals surface area contributed by atoms with E-state index < -0.39 is 0 Å². The van der Waals surface area contributed by atoms with Crippen LogP contribution in [0.4, 0.5) is 0 Å². The molecule has 0 saturated carbocycles. The summed E-state index contributed by atoms with van der Waals surface area (Å²) in [5, 5.41) is 12.6. The summed E-state index contributed by atoms with van der Waals surface area (Å²) < 4.78 is 6.74. The van der Waals surface area contributed by atoms with Crippen molar-refractivity contribution in [2.75, 3.05) is 0 Å². The number of rotatable bonds is 6. The number of fused-ring (bicyclic) bond motifs is 12. The third-order valence-corrected chi connectivity index (χ3v) is 13.7. The van der Waals surface area contributed by atoms with Gasteiger partial charge in [-0.05, 0) is 79.3 Å². The predicted molar refractivity (Wildman–Crippen MR) is 285 cm³/mol. The molecule has 0 atom stereocenters. The third kappa shape index (κ3) is 6.40. The highest BCUT2D eigenvalue weighted by Gasteiger charge is 2.23. The summed E-state index contributed by atoms with van der Waals surface area (Å²) in [4.78, 5) is 21.1. The highest BCUT2D eigenvalue weighted by molar-refractivity contribution is 6.28. The van der Waals surface area contributed by atoms with E-state index in [1.165, 1.54) is 32.5 Å². The molecule has 3 aromatic heterocycles. The molecule has 320 valence electrons. The van der Waals surface area contributed by atoms with Crippen LogP contribution in [0, 0.1) is 0 Å². The molecule has 0 spiro atoms. The lowest BCUT2D eigenvalue weighted by Gasteiger charge is -2.16. The summed E-state index contributed by atoms with van der Waals surface area (Å²) >= 11 is 0. The van der Waals surface area contributed by atoms with E-state index in [4.69, 9.17) is 24.4 Å². The Kier molecular flexibility index (Phi) is 8.83. The Bertz CT molecular complexity index is 4320. The number of aromatic nitrogens is 4. The second-order valence-corrected chi connectivity index (χ2v) is 17.7. The summed E-state index contributed by atoms with van der Waals surface area (Å²) in [6.07, 6.45) is 0. The predicted octanol–water partition coefficient (Wildman–Crippen LogP) is 16.9. The van der Waals surface area contributed by atoms with Crippen LogP contribution in [0.25, 0.3) is 144 Å². The van der Waals surface area contributed by atoms with E-state index in [2.05, 4.69) is 206 Å². The van der Waals surface area contributed by atoms with Gasteiger partial charge < -0.3 is 4.42 Å². The first kappa shape index (κ1) is 38.9. The van der Waals surface area contributed by atoms with Crippen LogP contribution in [0.1, 0.15) is 0 Å². The van der Waals surface area contributed by atoms with E-state index in [-0.39, 0.29) is 0 Å². The Morgan fingerprint density at radius 2 is 0.725 bits per heavy atom. The normalized spacial score (nSPS) is 11.8. The number of pyridine rings is 1. The lowest BCUT2D eigenvalue weighted by molar-refractivity contribution is 0.669. The molecule has 11 aromatic carbocycles. The first-order valence-corrected chi connectivity index (χ1v) is 23.3. The molecule has 0 N–H and O–H groups in total. The van der Waals surface area contributed by atoms with Gasteiger partial charge in [-0.1, -0.05) is 200 Å². The number of hydrogen-bond acceptors (Lipinski definition) is 5. The fourth-order valence-electron chi connectivity index (χ4n) is 10.5. The van der Waals surface area contributed by atoms with Crippen molar-refractivity contribution in [3.05, 3.63) is 231 Å². The maximum absolute atomic E-state index is 6.74. The second-order valence-electron chi connectivity index (χ2n) is 17.7. The van der Waals surface area contributed by atoms with Crippen LogP contribution in [-0.2, 0) is 0 Å². The molecule has 0 amide bonds. The molecule has 14 aromatic rings. The van der Waals surface area contributed by atoms with Gasteiger partial charge in [-0.25, -0.2) is 19.9 Å². The van der Waals surface area contributed by atoms with Crippen LogP contribution in [0.2, 0.25) is 0 Å². The van der Waals surface area contributed by atoms with Crippen molar-refractivity contribution in [2.45, 2.75) is 0 Å². The Morgan fingerprint density at radius 1 is 0.246 bits per heavy atom. The van der Waals surface area contributed by atoms with Crippen LogP contribution < -0.4 is 0 Å². The highest BCUT2D eigenvalue weighted by Crippen LogP contribution is 2.47. The monoisotopic (exact) mass is 878 g/mol. The molecule has 69 heavy (non-hydrogen) atoms. The number of nitrogens with zero attached hydrogens (tertiary/aromatic N) is 4. The van der Waals surface area contributed by atoms with E-state index in [0.29, 0.717) is 17.5 Å². The molecule has 0 fully saturated rings. The quantitative estimate of drug-likeness (QED) is 0.156. The standard InChI is InChI=1S/C64H38N4O/c1-3-16-39(17-4-1)40-30-32-41(33-31-40)58-59-51-26-11-13-28-55(51)65-61(54(59)38-57-60(58)52-27-12-14-29-56(52)69-57)43-20-15-21-44(36-43)63-66-62(42-18-5-2-6-19-42)67-64(68-63)45-34-35-50-48-24-8-7-22-46(48)47-23-9-10-25-49(47)53(50)37-45/h1-38H. The average Bonchev–Trinajstić information content (AvgIpc) is 3.81. The van der Waals surface area contributed by atoms with E-state index in [9.17, 15) is 0 Å². The van der Waals surface area contributed by atoms with Gasteiger partial charge in [-0.15, -0.1) is 0 Å². The lowest BCUT2D eigenvalue weighted by Crippen LogP contribution is -2.00. The van der Waals surface area contributed by atoms with Crippen molar-refractivity contribution in [3.8, 4) is 67.7 Å². The van der Waals surface area contributed by atoms with Crippen molar-refractivity contribution >= 4 is 75.9 Å². The molecular formula is C64H38N4O. The van der Waals surface area contributed by atoms with Crippen molar-refractivity contribution in [1.29, 1.82) is 0 Å². The fourth-order valence-corrected chi connectivity index (χ4v) is 10.5. The van der Waals surface area contributed by atoms with Crippen molar-refractivity contribution < 1.29 is 4.42 Å². The summed E-state index contributed by atoms with van der Waals surface area (Å²) in [5.74, 6) is 1.79. The van der Waals surface area contributed by atoms with E-state index in [1.807, 2.05) is 24.3 Å². The van der Waals surface area contributed by atoms with Crippen LogP contribution >= 0.6 is 0 Å². The minimum Gasteiger partial charge on any atom is -0.456 e. The van der Waals surface area contributed by atoms with E-state index in [0.717, 1.165) is 93.6 Å².